The smallest absolute Gasteiger partial charge is 0.0950 e. The lowest BCUT2D eigenvalue weighted by molar-refractivity contribution is 0.551. The van der Waals surface area contributed by atoms with Gasteiger partial charge < -0.3 is 10.2 Å². The second-order valence-electron chi connectivity index (χ2n) is 2.92. The van der Waals surface area contributed by atoms with E-state index in [1.165, 1.54) is 12.8 Å². The van der Waals surface area contributed by atoms with Crippen LogP contribution in [-0.4, -0.2) is 0 Å². The number of hydrogen-bond donors (Lipinski definition) is 1. The Bertz CT molecular complexity index is 201. The van der Waals surface area contributed by atoms with Gasteiger partial charge in [0.05, 0.1) is 12.5 Å². The second-order valence-corrected chi connectivity index (χ2v) is 2.92. The normalized spacial score (nSPS) is 20.9. The summed E-state index contributed by atoms with van der Waals surface area (Å²) in [6.07, 6.45) is 5.99. The molecular weight excluding hydrogens is 126 g/mol. The summed E-state index contributed by atoms with van der Waals surface area (Å²) >= 11 is 0. The highest BCUT2D eigenvalue weighted by atomic mass is 16.3. The van der Waals surface area contributed by atoms with Crippen LogP contribution < -0.4 is 5.73 Å². The minimum absolute atomic E-state index is 0.221. The van der Waals surface area contributed by atoms with Crippen LogP contribution >= 0.6 is 0 Å². The number of furan rings is 1. The molecule has 0 spiro atoms. The first-order chi connectivity index (χ1) is 4.88. The van der Waals surface area contributed by atoms with E-state index < -0.39 is 0 Å². The zero-order valence-corrected chi connectivity index (χ0v) is 5.79. The quantitative estimate of drug-likeness (QED) is 0.673. The van der Waals surface area contributed by atoms with Gasteiger partial charge in [0.25, 0.3) is 0 Å². The van der Waals surface area contributed by atoms with Gasteiger partial charge in [0, 0.05) is 11.6 Å². The summed E-state index contributed by atoms with van der Waals surface area (Å²) in [5, 5.41) is 0. The molecule has 54 valence electrons. The molecule has 0 aromatic carbocycles. The van der Waals surface area contributed by atoms with Gasteiger partial charge in [-0.2, -0.15) is 0 Å². The van der Waals surface area contributed by atoms with Crippen LogP contribution in [-0.2, 0) is 0 Å². The summed E-state index contributed by atoms with van der Waals surface area (Å²) in [4.78, 5) is 0. The van der Waals surface area contributed by atoms with Gasteiger partial charge in [-0.3, -0.25) is 0 Å². The molecule has 1 fully saturated rings. The highest BCUT2D eigenvalue weighted by Gasteiger charge is 2.29. The topological polar surface area (TPSA) is 39.2 Å². The Balaban J connectivity index is 2.11. The molecule has 0 bridgehead atoms. The Morgan fingerprint density at radius 2 is 2.40 bits per heavy atom. The lowest BCUT2D eigenvalue weighted by Gasteiger charge is -2.04. The molecule has 0 radical (unpaired) electrons. The Morgan fingerprint density at radius 1 is 1.60 bits per heavy atom. The van der Waals surface area contributed by atoms with Gasteiger partial charge in [0.2, 0.25) is 0 Å². The molecule has 2 N–H and O–H groups in total. The van der Waals surface area contributed by atoms with Crippen molar-refractivity contribution in [2.45, 2.75) is 18.9 Å². The summed E-state index contributed by atoms with van der Waals surface area (Å²) < 4.78 is 4.93. The number of nitrogens with two attached hydrogens (primary N) is 1. The Morgan fingerprint density at radius 3 is 2.90 bits per heavy atom. The fourth-order valence-electron chi connectivity index (χ4n) is 1.19. The minimum atomic E-state index is 0.221. The van der Waals surface area contributed by atoms with Gasteiger partial charge >= 0.3 is 0 Å². The molecule has 10 heavy (non-hydrogen) atoms. The molecule has 2 rings (SSSR count). The van der Waals surface area contributed by atoms with Crippen molar-refractivity contribution < 1.29 is 4.42 Å². The molecule has 1 saturated carbocycles. The lowest BCUT2D eigenvalue weighted by Crippen LogP contribution is -2.10. The highest BCUT2D eigenvalue weighted by molar-refractivity contribution is 5.13. The molecule has 0 aliphatic heterocycles. The summed E-state index contributed by atoms with van der Waals surface area (Å²) in [5.41, 5.74) is 7.03. The predicted molar refractivity (Wildman–Crippen MR) is 38.4 cm³/mol. The van der Waals surface area contributed by atoms with Crippen molar-refractivity contribution in [3.63, 3.8) is 0 Å². The molecule has 1 aliphatic carbocycles. The standard InChI is InChI=1S/C8H11NO/c9-8(6-1-2-6)7-3-4-10-5-7/h3-6,8H,1-2,9H2/t8-/m0/s1. The van der Waals surface area contributed by atoms with Gasteiger partial charge in [-0.05, 0) is 24.8 Å². The van der Waals surface area contributed by atoms with Crippen LogP contribution in [0.2, 0.25) is 0 Å². The fraction of sp³-hybridized carbons (Fsp3) is 0.500. The molecule has 0 unspecified atom stereocenters. The maximum absolute atomic E-state index is 5.88. The van der Waals surface area contributed by atoms with Crippen LogP contribution in [0.25, 0.3) is 0 Å². The predicted octanol–water partition coefficient (Wildman–Crippen LogP) is 1.69. The maximum Gasteiger partial charge on any atom is 0.0950 e. The summed E-state index contributed by atoms with van der Waals surface area (Å²) in [5.74, 6) is 0.720. The van der Waals surface area contributed by atoms with Crippen molar-refractivity contribution in [1.82, 2.24) is 0 Å². The Kier molecular flexibility index (Phi) is 1.27. The molecule has 0 amide bonds. The lowest BCUT2D eigenvalue weighted by atomic mass is 10.1. The van der Waals surface area contributed by atoms with E-state index in [-0.39, 0.29) is 6.04 Å². The third-order valence-corrected chi connectivity index (χ3v) is 2.06. The highest BCUT2D eigenvalue weighted by Crippen LogP contribution is 2.39. The van der Waals surface area contributed by atoms with E-state index in [0.29, 0.717) is 0 Å². The third-order valence-electron chi connectivity index (χ3n) is 2.06. The zero-order valence-electron chi connectivity index (χ0n) is 5.79. The molecule has 1 aromatic heterocycles. The first kappa shape index (κ1) is 5.98. The van der Waals surface area contributed by atoms with E-state index in [2.05, 4.69) is 0 Å². The summed E-state index contributed by atoms with van der Waals surface area (Å²) in [6.45, 7) is 0. The maximum atomic E-state index is 5.88. The fourth-order valence-corrected chi connectivity index (χ4v) is 1.19. The third kappa shape index (κ3) is 0.948. The monoisotopic (exact) mass is 137 g/mol. The molecule has 1 aliphatic rings. The molecule has 1 heterocycles. The van der Waals surface area contributed by atoms with Crippen molar-refractivity contribution in [2.24, 2.45) is 11.7 Å². The second kappa shape index (κ2) is 2.13. The summed E-state index contributed by atoms with van der Waals surface area (Å²) in [7, 11) is 0. The van der Waals surface area contributed by atoms with Crippen molar-refractivity contribution in [1.29, 1.82) is 0 Å². The van der Waals surface area contributed by atoms with Crippen LogP contribution in [0.15, 0.2) is 23.0 Å². The van der Waals surface area contributed by atoms with Gasteiger partial charge in [-0.1, -0.05) is 0 Å². The number of rotatable bonds is 2. The van der Waals surface area contributed by atoms with E-state index in [4.69, 9.17) is 10.2 Å². The van der Waals surface area contributed by atoms with Gasteiger partial charge in [-0.15, -0.1) is 0 Å². The Hall–Kier alpha value is -0.760. The molecule has 1 atom stereocenters. The van der Waals surface area contributed by atoms with Crippen molar-refractivity contribution in [3.8, 4) is 0 Å². The van der Waals surface area contributed by atoms with Crippen LogP contribution in [0, 0.1) is 5.92 Å². The molecule has 2 heteroatoms. The van der Waals surface area contributed by atoms with Crippen LogP contribution in [0.4, 0.5) is 0 Å². The molecule has 0 saturated heterocycles. The van der Waals surface area contributed by atoms with Crippen molar-refractivity contribution in [3.05, 3.63) is 24.2 Å². The zero-order chi connectivity index (χ0) is 6.97. The first-order valence-corrected chi connectivity index (χ1v) is 3.65. The first-order valence-electron chi connectivity index (χ1n) is 3.65. The summed E-state index contributed by atoms with van der Waals surface area (Å²) in [6, 6.07) is 2.17. The minimum Gasteiger partial charge on any atom is -0.472 e. The van der Waals surface area contributed by atoms with Crippen LogP contribution in [0.1, 0.15) is 24.4 Å². The largest absolute Gasteiger partial charge is 0.472 e. The molecule has 1 aromatic rings. The molecule has 2 nitrogen and oxygen atoms in total. The van der Waals surface area contributed by atoms with Crippen molar-refractivity contribution in [2.75, 3.05) is 0 Å². The van der Waals surface area contributed by atoms with Gasteiger partial charge in [0.1, 0.15) is 0 Å². The molecular formula is C8H11NO. The SMILES string of the molecule is N[C@H](c1ccoc1)C1CC1. The van der Waals surface area contributed by atoms with Crippen LogP contribution in [0.3, 0.4) is 0 Å². The van der Waals surface area contributed by atoms with E-state index in [1.807, 2.05) is 6.07 Å². The average Bonchev–Trinajstić information content (AvgIpc) is 2.65. The van der Waals surface area contributed by atoms with E-state index in [0.717, 1.165) is 11.5 Å². The van der Waals surface area contributed by atoms with E-state index >= 15 is 0 Å². The average molecular weight is 137 g/mol. The van der Waals surface area contributed by atoms with E-state index in [1.54, 1.807) is 12.5 Å². The van der Waals surface area contributed by atoms with Crippen molar-refractivity contribution >= 4 is 0 Å². The van der Waals surface area contributed by atoms with Crippen LogP contribution in [0.5, 0.6) is 0 Å². The van der Waals surface area contributed by atoms with Gasteiger partial charge in [-0.25, -0.2) is 0 Å². The van der Waals surface area contributed by atoms with Gasteiger partial charge in [0.15, 0.2) is 0 Å². The van der Waals surface area contributed by atoms with E-state index in [9.17, 15) is 0 Å². The number of hydrogen-bond acceptors (Lipinski definition) is 2. The Labute approximate surface area is 60.0 Å².